The molecule has 0 unspecified atom stereocenters. The van der Waals surface area contributed by atoms with E-state index in [1.807, 2.05) is 55.5 Å². The lowest BCUT2D eigenvalue weighted by Crippen LogP contribution is -2.35. The number of rotatable bonds is 4. The molecule has 0 spiro atoms. The zero-order valence-electron chi connectivity index (χ0n) is 15.8. The third kappa shape index (κ3) is 3.79. The van der Waals surface area contributed by atoms with E-state index < -0.39 is 5.41 Å². The third-order valence-electron chi connectivity index (χ3n) is 4.90. The van der Waals surface area contributed by atoms with Gasteiger partial charge in [-0.2, -0.15) is 0 Å². The van der Waals surface area contributed by atoms with Crippen molar-refractivity contribution in [3.8, 4) is 0 Å². The zero-order chi connectivity index (χ0) is 18.9. The van der Waals surface area contributed by atoms with E-state index in [-0.39, 0.29) is 17.2 Å². The highest BCUT2D eigenvalue weighted by Gasteiger charge is 2.56. The molecule has 4 nitrogen and oxygen atoms in total. The summed E-state index contributed by atoms with van der Waals surface area (Å²) in [7, 11) is 0. The van der Waals surface area contributed by atoms with Crippen LogP contribution in [-0.4, -0.2) is 11.8 Å². The number of aryl methyl sites for hydroxylation is 1. The van der Waals surface area contributed by atoms with E-state index in [2.05, 4.69) is 31.4 Å². The molecule has 0 atom stereocenters. The number of benzene rings is 2. The summed E-state index contributed by atoms with van der Waals surface area (Å²) >= 11 is 0. The fourth-order valence-corrected chi connectivity index (χ4v) is 2.96. The molecule has 0 radical (unpaired) electrons. The van der Waals surface area contributed by atoms with Crippen molar-refractivity contribution in [1.29, 1.82) is 0 Å². The first kappa shape index (κ1) is 18.2. The molecule has 1 fully saturated rings. The maximum absolute atomic E-state index is 12.7. The molecule has 0 aromatic heterocycles. The van der Waals surface area contributed by atoms with E-state index >= 15 is 0 Å². The van der Waals surface area contributed by atoms with Gasteiger partial charge in [0.2, 0.25) is 11.8 Å². The fraction of sp³-hybridized carbons (Fsp3) is 0.364. The van der Waals surface area contributed by atoms with Crippen LogP contribution in [0.4, 0.5) is 11.4 Å². The second-order valence-corrected chi connectivity index (χ2v) is 8.19. The quantitative estimate of drug-likeness (QED) is 0.789. The summed E-state index contributed by atoms with van der Waals surface area (Å²) in [5.74, 6) is -0.460. The van der Waals surface area contributed by atoms with Crippen LogP contribution in [0.5, 0.6) is 0 Å². The minimum atomic E-state index is -0.952. The van der Waals surface area contributed by atoms with Gasteiger partial charge >= 0.3 is 0 Å². The maximum Gasteiger partial charge on any atom is 0.240 e. The highest BCUT2D eigenvalue weighted by atomic mass is 16.2. The molecule has 0 bridgehead atoms. The lowest BCUT2D eigenvalue weighted by molar-refractivity contribution is -0.131. The highest BCUT2D eigenvalue weighted by Crippen LogP contribution is 2.47. The van der Waals surface area contributed by atoms with Gasteiger partial charge < -0.3 is 10.6 Å². The number of nitrogens with one attached hydrogen (secondary N) is 2. The monoisotopic (exact) mass is 350 g/mol. The van der Waals surface area contributed by atoms with Gasteiger partial charge in [-0.05, 0) is 60.6 Å². The van der Waals surface area contributed by atoms with Gasteiger partial charge in [-0.3, -0.25) is 9.59 Å². The van der Waals surface area contributed by atoms with Gasteiger partial charge in [0.05, 0.1) is 0 Å². The van der Waals surface area contributed by atoms with Crippen molar-refractivity contribution < 1.29 is 9.59 Å². The molecule has 2 amide bonds. The number of carbonyl (C=O) groups is 2. The summed E-state index contributed by atoms with van der Waals surface area (Å²) in [6.07, 6.45) is 1.16. The first-order valence-corrected chi connectivity index (χ1v) is 9.01. The van der Waals surface area contributed by atoms with E-state index in [9.17, 15) is 9.59 Å². The van der Waals surface area contributed by atoms with Crippen molar-refractivity contribution in [2.45, 2.75) is 46.0 Å². The third-order valence-corrected chi connectivity index (χ3v) is 4.90. The average molecular weight is 350 g/mol. The molecule has 0 aliphatic heterocycles. The van der Waals surface area contributed by atoms with E-state index in [1.165, 1.54) is 5.56 Å². The predicted molar refractivity (Wildman–Crippen MR) is 105 cm³/mol. The van der Waals surface area contributed by atoms with Gasteiger partial charge in [-0.1, -0.05) is 45.0 Å². The Morgan fingerprint density at radius 1 is 0.885 bits per heavy atom. The zero-order valence-corrected chi connectivity index (χ0v) is 15.8. The Morgan fingerprint density at radius 3 is 1.96 bits per heavy atom. The Kier molecular flexibility index (Phi) is 4.61. The van der Waals surface area contributed by atoms with Crippen LogP contribution in [-0.2, 0) is 15.0 Å². The van der Waals surface area contributed by atoms with Gasteiger partial charge in [-0.25, -0.2) is 0 Å². The smallest absolute Gasteiger partial charge is 0.240 e. The second kappa shape index (κ2) is 6.60. The minimum absolute atomic E-state index is 0.0634. The minimum Gasteiger partial charge on any atom is -0.325 e. The summed E-state index contributed by atoms with van der Waals surface area (Å²) in [4.78, 5) is 25.4. The molecule has 1 aliphatic rings. The van der Waals surface area contributed by atoms with E-state index in [4.69, 9.17) is 0 Å². The lowest BCUT2D eigenvalue weighted by atomic mass is 9.87. The van der Waals surface area contributed by atoms with E-state index in [0.29, 0.717) is 12.8 Å². The van der Waals surface area contributed by atoms with Crippen LogP contribution in [0.2, 0.25) is 0 Å². The molecule has 4 heteroatoms. The molecule has 2 N–H and O–H groups in total. The van der Waals surface area contributed by atoms with E-state index in [1.54, 1.807) is 0 Å². The van der Waals surface area contributed by atoms with Gasteiger partial charge in [0, 0.05) is 11.4 Å². The summed E-state index contributed by atoms with van der Waals surface area (Å²) in [5, 5.41) is 5.78. The topological polar surface area (TPSA) is 58.2 Å². The molecule has 0 saturated heterocycles. The Morgan fingerprint density at radius 2 is 1.46 bits per heavy atom. The van der Waals surface area contributed by atoms with E-state index in [0.717, 1.165) is 16.9 Å². The van der Waals surface area contributed by atoms with Crippen molar-refractivity contribution >= 4 is 23.2 Å². The van der Waals surface area contributed by atoms with Crippen molar-refractivity contribution in [3.05, 3.63) is 59.7 Å². The summed E-state index contributed by atoms with van der Waals surface area (Å²) in [6, 6.07) is 15.4. The highest BCUT2D eigenvalue weighted by molar-refractivity contribution is 6.16. The van der Waals surface area contributed by atoms with Crippen molar-refractivity contribution in [2.24, 2.45) is 5.41 Å². The summed E-state index contributed by atoms with van der Waals surface area (Å²) in [5.41, 5.74) is 2.83. The Bertz CT molecular complexity index is 828. The van der Waals surface area contributed by atoms with Crippen molar-refractivity contribution in [1.82, 2.24) is 0 Å². The number of hydrogen-bond donors (Lipinski definition) is 2. The van der Waals surface area contributed by atoms with Crippen LogP contribution in [0.15, 0.2) is 48.5 Å². The normalized spacial score (nSPS) is 15.2. The first-order valence-electron chi connectivity index (χ1n) is 9.01. The fourth-order valence-electron chi connectivity index (χ4n) is 2.96. The summed E-state index contributed by atoms with van der Waals surface area (Å²) in [6.45, 7) is 8.41. The number of hydrogen-bond acceptors (Lipinski definition) is 2. The van der Waals surface area contributed by atoms with Crippen molar-refractivity contribution in [3.63, 3.8) is 0 Å². The molecule has 2 aromatic carbocycles. The van der Waals surface area contributed by atoms with Crippen LogP contribution in [0, 0.1) is 12.3 Å². The number of carbonyl (C=O) groups excluding carboxylic acids is 2. The summed E-state index contributed by atoms with van der Waals surface area (Å²) < 4.78 is 0. The lowest BCUT2D eigenvalue weighted by Gasteiger charge is -2.20. The van der Waals surface area contributed by atoms with Crippen LogP contribution in [0.25, 0.3) is 0 Å². The van der Waals surface area contributed by atoms with Crippen molar-refractivity contribution in [2.75, 3.05) is 10.6 Å². The van der Waals surface area contributed by atoms with Gasteiger partial charge in [-0.15, -0.1) is 0 Å². The van der Waals surface area contributed by atoms with Crippen LogP contribution < -0.4 is 10.6 Å². The molecular formula is C22H26N2O2. The molecule has 3 rings (SSSR count). The molecule has 136 valence electrons. The number of amides is 2. The Hall–Kier alpha value is -2.62. The largest absolute Gasteiger partial charge is 0.325 e. The van der Waals surface area contributed by atoms with Gasteiger partial charge in [0.15, 0.2) is 0 Å². The van der Waals surface area contributed by atoms with Crippen LogP contribution in [0.3, 0.4) is 0 Å². The molecule has 1 aliphatic carbocycles. The molecular weight excluding hydrogens is 324 g/mol. The standard InChI is InChI=1S/C22H26N2O2/c1-15-6-5-7-18(14-15)24-20(26)22(12-13-22)19(25)23-17-10-8-16(9-11-17)21(2,3)4/h5-11,14H,12-13H2,1-4H3,(H,23,25)(H,24,26). The predicted octanol–water partition coefficient (Wildman–Crippen LogP) is 4.65. The van der Waals surface area contributed by atoms with Crippen LogP contribution in [0.1, 0.15) is 44.7 Å². The van der Waals surface area contributed by atoms with Gasteiger partial charge in [0.1, 0.15) is 5.41 Å². The van der Waals surface area contributed by atoms with Crippen LogP contribution >= 0.6 is 0 Å². The maximum atomic E-state index is 12.7. The Balaban J connectivity index is 1.68. The SMILES string of the molecule is Cc1cccc(NC(=O)C2(C(=O)Nc3ccc(C(C)(C)C)cc3)CC2)c1. The second-order valence-electron chi connectivity index (χ2n) is 8.19. The molecule has 0 heterocycles. The van der Waals surface area contributed by atoms with Gasteiger partial charge in [0.25, 0.3) is 0 Å². The molecule has 1 saturated carbocycles. The number of anilines is 2. The molecule has 26 heavy (non-hydrogen) atoms. The average Bonchev–Trinajstić information content (AvgIpc) is 3.36. The molecule has 2 aromatic rings. The Labute approximate surface area is 155 Å². The first-order chi connectivity index (χ1) is 12.2.